The summed E-state index contributed by atoms with van der Waals surface area (Å²) in [5.41, 5.74) is 5.71. The van der Waals surface area contributed by atoms with Crippen molar-refractivity contribution in [3.8, 4) is 39.5 Å². The van der Waals surface area contributed by atoms with Crippen LogP contribution < -0.4 is 0 Å². The SMILES string of the molecule is CN=Cc1ccccc1O.Fc1ccc(-c2cnc(-c3[c-]cccc3)c(-c3ccccc3)n2)cc1.[Ir]. The standard InChI is InChI=1S/C22H14FN2.C8H9NO.Ir/c23-19-13-11-16(12-14-19)20-15-24-21(17-7-3-1-4-8-17)22(25-20)18-9-5-2-6-10-18;1-9-6-7-4-2-3-5-8(7)10;/h1-7,9-15H;2-6,10H,1H3;/q-1;;. The number of benzene rings is 4. The molecule has 36 heavy (non-hydrogen) atoms. The van der Waals surface area contributed by atoms with Gasteiger partial charge in [-0.3, -0.25) is 9.98 Å². The van der Waals surface area contributed by atoms with Crippen molar-refractivity contribution in [2.24, 2.45) is 4.99 Å². The molecule has 0 bridgehead atoms. The maximum atomic E-state index is 13.2. The van der Waals surface area contributed by atoms with Crippen LogP contribution in [0.5, 0.6) is 5.75 Å². The van der Waals surface area contributed by atoms with Gasteiger partial charge >= 0.3 is 0 Å². The van der Waals surface area contributed by atoms with Crippen LogP contribution in [0.1, 0.15) is 5.56 Å². The molecule has 5 aromatic rings. The Morgan fingerprint density at radius 1 is 0.806 bits per heavy atom. The van der Waals surface area contributed by atoms with E-state index in [1.165, 1.54) is 12.1 Å². The van der Waals surface area contributed by atoms with Crippen molar-refractivity contribution in [3.05, 3.63) is 127 Å². The first kappa shape index (κ1) is 26.6. The molecule has 1 aromatic heterocycles. The summed E-state index contributed by atoms with van der Waals surface area (Å²) in [7, 11) is 1.67. The molecule has 1 N–H and O–H groups in total. The Morgan fingerprint density at radius 3 is 2.17 bits per heavy atom. The monoisotopic (exact) mass is 653 g/mol. The van der Waals surface area contributed by atoms with E-state index in [2.05, 4.69) is 16.0 Å². The zero-order valence-corrected chi connectivity index (χ0v) is 21.9. The summed E-state index contributed by atoms with van der Waals surface area (Å²) in [5.74, 6) is 0.00333. The Labute approximate surface area is 223 Å². The molecule has 1 radical (unpaired) electrons. The minimum atomic E-state index is -0.268. The number of halogens is 1. The topological polar surface area (TPSA) is 58.4 Å². The predicted molar refractivity (Wildman–Crippen MR) is 139 cm³/mol. The molecule has 0 saturated carbocycles. The van der Waals surface area contributed by atoms with Crippen molar-refractivity contribution in [2.75, 3.05) is 7.05 Å². The number of hydrogen-bond donors (Lipinski definition) is 1. The molecule has 0 aliphatic heterocycles. The van der Waals surface area contributed by atoms with E-state index >= 15 is 0 Å². The number of phenolic OH excluding ortho intramolecular Hbond substituents is 1. The van der Waals surface area contributed by atoms with Crippen LogP contribution in [-0.4, -0.2) is 28.3 Å². The van der Waals surface area contributed by atoms with Crippen LogP contribution in [0.25, 0.3) is 33.8 Å². The molecule has 0 spiro atoms. The van der Waals surface area contributed by atoms with E-state index in [1.54, 1.807) is 43.7 Å². The third-order valence-corrected chi connectivity index (χ3v) is 5.13. The quantitative estimate of drug-likeness (QED) is 0.171. The second-order valence-corrected chi connectivity index (χ2v) is 7.55. The molecule has 0 amide bonds. The second kappa shape index (κ2) is 13.2. The van der Waals surface area contributed by atoms with Crippen LogP contribution in [0.2, 0.25) is 0 Å². The molecule has 4 nitrogen and oxygen atoms in total. The van der Waals surface area contributed by atoms with Gasteiger partial charge in [-0.25, -0.2) is 4.39 Å². The minimum absolute atomic E-state index is 0. The molecule has 0 atom stereocenters. The summed E-state index contributed by atoms with van der Waals surface area (Å²) in [6.45, 7) is 0. The molecule has 0 fully saturated rings. The average molecular weight is 653 g/mol. The third kappa shape index (κ3) is 6.78. The largest absolute Gasteiger partial charge is 0.507 e. The van der Waals surface area contributed by atoms with Crippen molar-refractivity contribution < 1.29 is 29.6 Å². The molecule has 4 aromatic carbocycles. The Bertz CT molecular complexity index is 1410. The summed E-state index contributed by atoms with van der Waals surface area (Å²) in [6.07, 6.45) is 3.34. The maximum absolute atomic E-state index is 13.2. The molecule has 0 unspecified atom stereocenters. The van der Waals surface area contributed by atoms with Gasteiger partial charge < -0.3 is 10.1 Å². The zero-order valence-electron chi connectivity index (χ0n) is 19.5. The normalized spacial score (nSPS) is 10.3. The van der Waals surface area contributed by atoms with Gasteiger partial charge in [0.05, 0.1) is 11.4 Å². The van der Waals surface area contributed by atoms with Crippen LogP contribution in [0.4, 0.5) is 4.39 Å². The van der Waals surface area contributed by atoms with Gasteiger partial charge in [-0.05, 0) is 42.0 Å². The fraction of sp³-hybridized carbons (Fsp3) is 0.0333. The molecule has 0 aliphatic rings. The van der Waals surface area contributed by atoms with E-state index in [-0.39, 0.29) is 31.7 Å². The van der Waals surface area contributed by atoms with Gasteiger partial charge in [0, 0.05) is 56.4 Å². The second-order valence-electron chi connectivity index (χ2n) is 7.55. The average Bonchev–Trinajstić information content (AvgIpc) is 2.92. The van der Waals surface area contributed by atoms with E-state index in [0.717, 1.165) is 33.6 Å². The number of aliphatic imine (C=N–C) groups is 1. The van der Waals surface area contributed by atoms with Crippen LogP contribution in [0.3, 0.4) is 0 Å². The van der Waals surface area contributed by atoms with Gasteiger partial charge in [-0.2, -0.15) is 0 Å². The van der Waals surface area contributed by atoms with Gasteiger partial charge in [-0.15, -0.1) is 35.9 Å². The minimum Gasteiger partial charge on any atom is -0.507 e. The molecule has 181 valence electrons. The molecule has 0 aliphatic carbocycles. The number of para-hydroxylation sites is 1. The summed E-state index contributed by atoms with van der Waals surface area (Å²) >= 11 is 0. The first-order valence-electron chi connectivity index (χ1n) is 11.0. The predicted octanol–water partition coefficient (Wildman–Crippen LogP) is 6.86. The Hall–Kier alpha value is -3.99. The summed E-state index contributed by atoms with van der Waals surface area (Å²) in [6, 6.07) is 34.2. The van der Waals surface area contributed by atoms with E-state index in [4.69, 9.17) is 10.1 Å². The maximum Gasteiger partial charge on any atom is 0.124 e. The Morgan fingerprint density at radius 2 is 1.50 bits per heavy atom. The van der Waals surface area contributed by atoms with Gasteiger partial charge in [0.25, 0.3) is 0 Å². The smallest absolute Gasteiger partial charge is 0.124 e. The number of nitrogens with zero attached hydrogens (tertiary/aromatic N) is 3. The van der Waals surface area contributed by atoms with E-state index in [9.17, 15) is 4.39 Å². The Kier molecular flexibility index (Phi) is 9.75. The van der Waals surface area contributed by atoms with Crippen LogP contribution in [0.15, 0.2) is 114 Å². The van der Waals surface area contributed by atoms with Crippen molar-refractivity contribution in [3.63, 3.8) is 0 Å². The molecule has 6 heteroatoms. The van der Waals surface area contributed by atoms with Crippen LogP contribution in [-0.2, 0) is 20.1 Å². The summed E-state index contributed by atoms with van der Waals surface area (Å²) in [5, 5.41) is 9.15. The zero-order chi connectivity index (χ0) is 24.5. The first-order valence-corrected chi connectivity index (χ1v) is 11.0. The number of phenols is 1. The molecule has 5 rings (SSSR count). The molecule has 1 heterocycles. The molecular formula is C30H23FIrN3O-. The van der Waals surface area contributed by atoms with Crippen molar-refractivity contribution in [2.45, 2.75) is 0 Å². The third-order valence-electron chi connectivity index (χ3n) is 5.13. The van der Waals surface area contributed by atoms with Crippen LogP contribution >= 0.6 is 0 Å². The van der Waals surface area contributed by atoms with Crippen molar-refractivity contribution in [1.82, 2.24) is 9.97 Å². The van der Waals surface area contributed by atoms with Crippen molar-refractivity contribution in [1.29, 1.82) is 0 Å². The number of rotatable bonds is 4. The van der Waals surface area contributed by atoms with Gasteiger partial charge in [0.1, 0.15) is 11.6 Å². The molecular weight excluding hydrogens is 630 g/mol. The number of hydrogen-bond acceptors (Lipinski definition) is 4. The van der Waals surface area contributed by atoms with Gasteiger partial charge in [0.2, 0.25) is 0 Å². The van der Waals surface area contributed by atoms with E-state index < -0.39 is 0 Å². The first-order chi connectivity index (χ1) is 17.2. The van der Waals surface area contributed by atoms with E-state index in [0.29, 0.717) is 5.69 Å². The fourth-order valence-electron chi connectivity index (χ4n) is 3.42. The van der Waals surface area contributed by atoms with Gasteiger partial charge in [-0.1, -0.05) is 42.5 Å². The fourth-order valence-corrected chi connectivity index (χ4v) is 3.42. The van der Waals surface area contributed by atoms with Crippen molar-refractivity contribution >= 4 is 6.21 Å². The summed E-state index contributed by atoms with van der Waals surface area (Å²) in [4.78, 5) is 13.2. The number of aromatic hydroxyl groups is 1. The van der Waals surface area contributed by atoms with Gasteiger partial charge in [0.15, 0.2) is 0 Å². The summed E-state index contributed by atoms with van der Waals surface area (Å²) < 4.78 is 13.2. The van der Waals surface area contributed by atoms with Crippen LogP contribution in [0, 0.1) is 11.9 Å². The number of aromatic nitrogens is 2. The Balaban J connectivity index is 0.000000278. The van der Waals surface area contributed by atoms with E-state index in [1.807, 2.05) is 66.7 Å². The molecule has 0 saturated heterocycles.